The summed E-state index contributed by atoms with van der Waals surface area (Å²) in [6, 6.07) is 4.97. The van der Waals surface area contributed by atoms with Crippen molar-refractivity contribution in [2.45, 2.75) is 25.3 Å². The minimum atomic E-state index is -2.91. The van der Waals surface area contributed by atoms with Gasteiger partial charge in [-0.2, -0.15) is 0 Å². The van der Waals surface area contributed by atoms with Crippen LogP contribution in [0.2, 0.25) is 0 Å². The Morgan fingerprint density at radius 2 is 2.26 bits per heavy atom. The summed E-state index contributed by atoms with van der Waals surface area (Å²) < 4.78 is 37.3. The number of aryl methyl sites for hydroxylation is 1. The second kappa shape index (κ2) is 8.10. The third-order valence-corrected chi connectivity index (χ3v) is 5.99. The highest BCUT2D eigenvalue weighted by Crippen LogP contribution is 2.16. The predicted octanol–water partition coefficient (Wildman–Crippen LogP) is 1.87. The topological polar surface area (TPSA) is 70.6 Å². The summed E-state index contributed by atoms with van der Waals surface area (Å²) in [5.41, 5.74) is 0.680. The Hall–Kier alpha value is -1.15. The van der Waals surface area contributed by atoms with Crippen LogP contribution >= 0.6 is 15.9 Å². The number of rotatable bonds is 5. The molecule has 23 heavy (non-hydrogen) atoms. The SMILES string of the molecule is CN=C(NCCCc1ccc(Br)cc1F)NC1CCS(=O)(=O)C1. The van der Waals surface area contributed by atoms with Crippen molar-refractivity contribution >= 4 is 31.7 Å². The highest BCUT2D eigenvalue weighted by atomic mass is 79.9. The first-order chi connectivity index (χ1) is 10.9. The molecule has 2 N–H and O–H groups in total. The molecule has 1 aliphatic heterocycles. The van der Waals surface area contributed by atoms with E-state index >= 15 is 0 Å². The largest absolute Gasteiger partial charge is 0.356 e. The fraction of sp³-hybridized carbons (Fsp3) is 0.533. The average molecular weight is 406 g/mol. The van der Waals surface area contributed by atoms with Gasteiger partial charge in [-0.3, -0.25) is 4.99 Å². The van der Waals surface area contributed by atoms with E-state index in [1.54, 1.807) is 13.1 Å². The second-order valence-corrected chi connectivity index (χ2v) is 8.73. The molecule has 0 aliphatic carbocycles. The normalized spacial score (nSPS) is 20.5. The molecule has 0 radical (unpaired) electrons. The first-order valence-electron chi connectivity index (χ1n) is 7.51. The van der Waals surface area contributed by atoms with Gasteiger partial charge in [0.25, 0.3) is 0 Å². The molecule has 0 bridgehead atoms. The molecule has 1 aromatic rings. The monoisotopic (exact) mass is 405 g/mol. The number of hydrogen-bond acceptors (Lipinski definition) is 3. The molecule has 5 nitrogen and oxygen atoms in total. The van der Waals surface area contributed by atoms with E-state index in [1.807, 2.05) is 6.07 Å². The molecule has 2 rings (SSSR count). The Balaban J connectivity index is 1.74. The number of halogens is 2. The maximum atomic E-state index is 13.7. The van der Waals surface area contributed by atoms with Gasteiger partial charge >= 0.3 is 0 Å². The summed E-state index contributed by atoms with van der Waals surface area (Å²) in [5, 5.41) is 6.26. The van der Waals surface area contributed by atoms with E-state index in [0.717, 1.165) is 10.9 Å². The fourth-order valence-corrected chi connectivity index (χ4v) is 4.51. The summed E-state index contributed by atoms with van der Waals surface area (Å²) in [7, 11) is -1.26. The van der Waals surface area contributed by atoms with E-state index in [-0.39, 0.29) is 23.4 Å². The quantitative estimate of drug-likeness (QED) is 0.445. The minimum Gasteiger partial charge on any atom is -0.356 e. The van der Waals surface area contributed by atoms with Gasteiger partial charge in [0.05, 0.1) is 11.5 Å². The summed E-state index contributed by atoms with van der Waals surface area (Å²) in [5.74, 6) is 0.754. The van der Waals surface area contributed by atoms with Crippen molar-refractivity contribution in [1.82, 2.24) is 10.6 Å². The minimum absolute atomic E-state index is 0.0879. The van der Waals surface area contributed by atoms with Gasteiger partial charge in [-0.05, 0) is 37.0 Å². The molecule has 1 atom stereocenters. The van der Waals surface area contributed by atoms with Crippen molar-refractivity contribution in [3.63, 3.8) is 0 Å². The Labute approximate surface area is 144 Å². The van der Waals surface area contributed by atoms with Gasteiger partial charge in [0.1, 0.15) is 5.82 Å². The number of benzene rings is 1. The van der Waals surface area contributed by atoms with Crippen molar-refractivity contribution in [2.24, 2.45) is 4.99 Å². The zero-order chi connectivity index (χ0) is 16.9. The number of hydrogen-bond donors (Lipinski definition) is 2. The maximum Gasteiger partial charge on any atom is 0.191 e. The molecule has 0 amide bonds. The number of nitrogens with one attached hydrogen (secondary N) is 2. The van der Waals surface area contributed by atoms with Gasteiger partial charge in [-0.25, -0.2) is 12.8 Å². The van der Waals surface area contributed by atoms with Crippen molar-refractivity contribution in [2.75, 3.05) is 25.1 Å². The zero-order valence-electron chi connectivity index (χ0n) is 13.0. The standard InChI is InChI=1S/C15H21BrFN3O2S/c1-18-15(20-13-6-8-23(21,22)10-13)19-7-2-3-11-4-5-12(16)9-14(11)17/h4-5,9,13H,2-3,6-8,10H2,1H3,(H2,18,19,20). The van der Waals surface area contributed by atoms with Crippen LogP contribution in [0, 0.1) is 5.82 Å². The Kier molecular flexibility index (Phi) is 6.41. The van der Waals surface area contributed by atoms with Gasteiger partial charge in [0.2, 0.25) is 0 Å². The van der Waals surface area contributed by atoms with Crippen molar-refractivity contribution in [3.8, 4) is 0 Å². The Morgan fingerprint density at radius 1 is 1.48 bits per heavy atom. The van der Waals surface area contributed by atoms with E-state index < -0.39 is 9.84 Å². The molecule has 1 aromatic carbocycles. The molecule has 1 fully saturated rings. The van der Waals surface area contributed by atoms with Crippen LogP contribution in [-0.2, 0) is 16.3 Å². The van der Waals surface area contributed by atoms with E-state index in [9.17, 15) is 12.8 Å². The van der Waals surface area contributed by atoms with Crippen LogP contribution in [-0.4, -0.2) is 45.5 Å². The third-order valence-electron chi connectivity index (χ3n) is 3.73. The Bertz CT molecular complexity index is 679. The summed E-state index contributed by atoms with van der Waals surface area (Å²) in [6.07, 6.45) is 1.98. The van der Waals surface area contributed by atoms with Crippen molar-refractivity contribution in [3.05, 3.63) is 34.1 Å². The molecule has 0 aromatic heterocycles. The first-order valence-corrected chi connectivity index (χ1v) is 10.1. The van der Waals surface area contributed by atoms with Gasteiger partial charge in [0.15, 0.2) is 15.8 Å². The lowest BCUT2D eigenvalue weighted by molar-refractivity contribution is 0.598. The molecule has 1 heterocycles. The molecule has 1 saturated heterocycles. The van der Waals surface area contributed by atoms with Crippen LogP contribution in [0.3, 0.4) is 0 Å². The van der Waals surface area contributed by atoms with Gasteiger partial charge in [-0.15, -0.1) is 0 Å². The molecule has 128 valence electrons. The van der Waals surface area contributed by atoms with Crippen LogP contribution in [0.4, 0.5) is 4.39 Å². The summed E-state index contributed by atoms with van der Waals surface area (Å²) >= 11 is 3.24. The maximum absolute atomic E-state index is 13.7. The molecule has 0 saturated carbocycles. The lowest BCUT2D eigenvalue weighted by Gasteiger charge is -2.16. The lowest BCUT2D eigenvalue weighted by atomic mass is 10.1. The molecular formula is C15H21BrFN3O2S. The van der Waals surface area contributed by atoms with Crippen LogP contribution < -0.4 is 10.6 Å². The molecule has 8 heteroatoms. The fourth-order valence-electron chi connectivity index (χ4n) is 2.51. The smallest absolute Gasteiger partial charge is 0.191 e. The summed E-state index contributed by atoms with van der Waals surface area (Å²) in [6.45, 7) is 0.634. The van der Waals surface area contributed by atoms with E-state index in [0.29, 0.717) is 30.9 Å². The molecule has 1 unspecified atom stereocenters. The van der Waals surface area contributed by atoms with Gasteiger partial charge in [-0.1, -0.05) is 22.0 Å². The van der Waals surface area contributed by atoms with Gasteiger partial charge < -0.3 is 10.6 Å². The average Bonchev–Trinajstić information content (AvgIpc) is 2.83. The predicted molar refractivity (Wildman–Crippen MR) is 94.0 cm³/mol. The van der Waals surface area contributed by atoms with Crippen LogP contribution in [0.15, 0.2) is 27.7 Å². The van der Waals surface area contributed by atoms with Crippen molar-refractivity contribution in [1.29, 1.82) is 0 Å². The van der Waals surface area contributed by atoms with Crippen LogP contribution in [0.5, 0.6) is 0 Å². The highest BCUT2D eigenvalue weighted by molar-refractivity contribution is 9.10. The number of nitrogens with zero attached hydrogens (tertiary/aromatic N) is 1. The van der Waals surface area contributed by atoms with Gasteiger partial charge in [0, 0.05) is 24.1 Å². The van der Waals surface area contributed by atoms with E-state index in [1.165, 1.54) is 6.07 Å². The van der Waals surface area contributed by atoms with E-state index in [4.69, 9.17) is 0 Å². The second-order valence-electron chi connectivity index (χ2n) is 5.58. The number of sulfone groups is 1. The first kappa shape index (κ1) is 18.2. The molecular weight excluding hydrogens is 385 g/mol. The van der Waals surface area contributed by atoms with Crippen molar-refractivity contribution < 1.29 is 12.8 Å². The molecule has 0 spiro atoms. The Morgan fingerprint density at radius 3 is 2.87 bits per heavy atom. The number of aliphatic imine (C=N–C) groups is 1. The third kappa shape index (κ3) is 5.76. The zero-order valence-corrected chi connectivity index (χ0v) is 15.4. The van der Waals surface area contributed by atoms with Crippen LogP contribution in [0.25, 0.3) is 0 Å². The number of guanidine groups is 1. The lowest BCUT2D eigenvalue weighted by Crippen LogP contribution is -2.44. The highest BCUT2D eigenvalue weighted by Gasteiger charge is 2.28. The van der Waals surface area contributed by atoms with Crippen LogP contribution in [0.1, 0.15) is 18.4 Å². The summed E-state index contributed by atoms with van der Waals surface area (Å²) in [4.78, 5) is 4.09. The van der Waals surface area contributed by atoms with E-state index in [2.05, 4.69) is 31.6 Å². The molecule has 1 aliphatic rings.